The molecular formula is C6H13NO3. The summed E-state index contributed by atoms with van der Waals surface area (Å²) in [5.41, 5.74) is 4.62. The summed E-state index contributed by atoms with van der Waals surface area (Å²) >= 11 is 0. The number of aliphatic hydroxyl groups excluding tert-OH is 1. The third kappa shape index (κ3) is 4.29. The minimum Gasteiger partial charge on any atom is -0.464 e. The maximum atomic E-state index is 10.2. The monoisotopic (exact) mass is 147 g/mol. The minimum absolute atomic E-state index is 0.0544. The van der Waals surface area contributed by atoms with Crippen molar-refractivity contribution in [3.05, 3.63) is 0 Å². The van der Waals surface area contributed by atoms with Gasteiger partial charge in [0.1, 0.15) is 6.61 Å². The lowest BCUT2D eigenvalue weighted by molar-refractivity contribution is -0.143. The van der Waals surface area contributed by atoms with E-state index in [0.29, 0.717) is 0 Å². The van der Waals surface area contributed by atoms with Crippen LogP contribution in [0.25, 0.3) is 0 Å². The van der Waals surface area contributed by atoms with Crippen LogP contribution in [0.1, 0.15) is 13.8 Å². The van der Waals surface area contributed by atoms with E-state index in [1.54, 1.807) is 6.92 Å². The Morgan fingerprint density at radius 1 is 1.80 bits per heavy atom. The number of aliphatic hydroxyl groups is 1. The van der Waals surface area contributed by atoms with Crippen LogP contribution in [-0.2, 0) is 9.53 Å². The molecule has 0 aliphatic carbocycles. The fraction of sp³-hybridized carbons (Fsp3) is 0.833. The molecule has 0 rings (SSSR count). The molecule has 0 aromatic rings. The summed E-state index contributed by atoms with van der Waals surface area (Å²) < 4.78 is 4.57. The van der Waals surface area contributed by atoms with Gasteiger partial charge >= 0.3 is 5.97 Å². The van der Waals surface area contributed by atoms with E-state index in [4.69, 9.17) is 10.8 Å². The van der Waals surface area contributed by atoms with Crippen molar-refractivity contribution in [3.63, 3.8) is 0 Å². The fourth-order valence-corrected chi connectivity index (χ4v) is 0.312. The number of rotatable bonds is 3. The Bertz CT molecular complexity index is 122. The van der Waals surface area contributed by atoms with Crippen LogP contribution >= 0.6 is 0 Å². The molecule has 0 radical (unpaired) electrons. The van der Waals surface area contributed by atoms with Gasteiger partial charge in [-0.2, -0.15) is 0 Å². The lowest BCUT2D eigenvalue weighted by Crippen LogP contribution is -2.45. The lowest BCUT2D eigenvalue weighted by Gasteiger charge is -2.20. The van der Waals surface area contributed by atoms with E-state index < -0.39 is 5.54 Å². The molecule has 10 heavy (non-hydrogen) atoms. The molecule has 3 N–H and O–H groups in total. The van der Waals surface area contributed by atoms with Crippen LogP contribution in [0.3, 0.4) is 0 Å². The standard InChI is InChI=1S/C6H13NO3/c1-5(9)10-4-6(2,7)3-8/h8H,3-4,7H2,1-2H3/t6-/m1/s1. The fourth-order valence-electron chi connectivity index (χ4n) is 0.312. The van der Waals surface area contributed by atoms with Gasteiger partial charge in [0.2, 0.25) is 0 Å². The molecule has 1 atom stereocenters. The molecule has 0 aliphatic heterocycles. The number of carbonyl (C=O) groups is 1. The zero-order chi connectivity index (χ0) is 8.20. The predicted molar refractivity (Wildman–Crippen MR) is 36.3 cm³/mol. The van der Waals surface area contributed by atoms with Crippen LogP contribution in [0.15, 0.2) is 0 Å². The van der Waals surface area contributed by atoms with Crippen LogP contribution in [-0.4, -0.2) is 29.8 Å². The first-order valence-electron chi connectivity index (χ1n) is 3.01. The second-order valence-electron chi connectivity index (χ2n) is 2.59. The van der Waals surface area contributed by atoms with Gasteiger partial charge in [0.15, 0.2) is 0 Å². The third-order valence-corrected chi connectivity index (χ3v) is 0.966. The molecule has 0 aliphatic rings. The molecule has 0 amide bonds. The summed E-state index contributed by atoms with van der Waals surface area (Å²) in [6, 6.07) is 0. The van der Waals surface area contributed by atoms with Gasteiger partial charge in [0.05, 0.1) is 12.1 Å². The van der Waals surface area contributed by atoms with Crippen LogP contribution in [0, 0.1) is 0 Å². The largest absolute Gasteiger partial charge is 0.464 e. The van der Waals surface area contributed by atoms with E-state index in [-0.39, 0.29) is 19.2 Å². The molecule has 4 heteroatoms. The average Bonchev–Trinajstić information content (AvgIpc) is 1.85. The molecular weight excluding hydrogens is 134 g/mol. The summed E-state index contributed by atoms with van der Waals surface area (Å²) in [5.74, 6) is -0.384. The highest BCUT2D eigenvalue weighted by Crippen LogP contribution is 1.97. The Balaban J connectivity index is 3.56. The number of hydrogen-bond donors (Lipinski definition) is 2. The number of hydrogen-bond acceptors (Lipinski definition) is 4. The summed E-state index contributed by atoms with van der Waals surface area (Å²) in [6.07, 6.45) is 0. The quantitative estimate of drug-likeness (QED) is 0.516. The van der Waals surface area contributed by atoms with E-state index in [1.807, 2.05) is 0 Å². The van der Waals surface area contributed by atoms with Crippen LogP contribution in [0.5, 0.6) is 0 Å². The van der Waals surface area contributed by atoms with Crippen molar-refractivity contribution < 1.29 is 14.6 Å². The summed E-state index contributed by atoms with van der Waals surface area (Å²) in [5, 5.41) is 8.59. The van der Waals surface area contributed by atoms with E-state index in [9.17, 15) is 4.79 Å². The van der Waals surface area contributed by atoms with Crippen molar-refractivity contribution in [1.82, 2.24) is 0 Å². The van der Waals surface area contributed by atoms with Crippen molar-refractivity contribution >= 4 is 5.97 Å². The molecule has 0 heterocycles. The second kappa shape index (κ2) is 3.53. The first-order valence-corrected chi connectivity index (χ1v) is 3.01. The molecule has 0 bridgehead atoms. The van der Waals surface area contributed by atoms with E-state index >= 15 is 0 Å². The van der Waals surface area contributed by atoms with Gasteiger partial charge in [0, 0.05) is 6.92 Å². The first-order chi connectivity index (χ1) is 4.48. The van der Waals surface area contributed by atoms with Gasteiger partial charge in [0.25, 0.3) is 0 Å². The van der Waals surface area contributed by atoms with Gasteiger partial charge < -0.3 is 15.6 Å². The van der Waals surface area contributed by atoms with Crippen LogP contribution < -0.4 is 5.73 Å². The molecule has 0 aromatic heterocycles. The Morgan fingerprint density at radius 3 is 2.60 bits per heavy atom. The smallest absolute Gasteiger partial charge is 0.302 e. The maximum absolute atomic E-state index is 10.2. The topological polar surface area (TPSA) is 72.5 Å². The Morgan fingerprint density at radius 2 is 2.30 bits per heavy atom. The number of nitrogens with two attached hydrogens (primary N) is 1. The third-order valence-electron chi connectivity index (χ3n) is 0.966. The van der Waals surface area contributed by atoms with Crippen molar-refractivity contribution in [2.75, 3.05) is 13.2 Å². The molecule has 4 nitrogen and oxygen atoms in total. The summed E-state index contributed by atoms with van der Waals surface area (Å²) in [7, 11) is 0. The lowest BCUT2D eigenvalue weighted by atomic mass is 10.1. The zero-order valence-electron chi connectivity index (χ0n) is 6.26. The Kier molecular flexibility index (Phi) is 3.32. The maximum Gasteiger partial charge on any atom is 0.302 e. The van der Waals surface area contributed by atoms with Gasteiger partial charge in [-0.25, -0.2) is 0 Å². The average molecular weight is 147 g/mol. The molecule has 0 unspecified atom stereocenters. The first kappa shape index (κ1) is 9.39. The molecule has 0 aromatic carbocycles. The summed E-state index contributed by atoms with van der Waals surface area (Å²) in [6.45, 7) is 2.77. The number of esters is 1. The van der Waals surface area contributed by atoms with Gasteiger partial charge in [-0.05, 0) is 6.92 Å². The van der Waals surface area contributed by atoms with E-state index in [1.165, 1.54) is 6.92 Å². The molecule has 0 saturated carbocycles. The van der Waals surface area contributed by atoms with E-state index in [0.717, 1.165) is 0 Å². The number of ether oxygens (including phenoxy) is 1. The van der Waals surface area contributed by atoms with E-state index in [2.05, 4.69) is 4.74 Å². The molecule has 0 saturated heterocycles. The SMILES string of the molecule is CC(=O)OC[C@](C)(N)CO. The Hall–Kier alpha value is -0.610. The highest BCUT2D eigenvalue weighted by atomic mass is 16.5. The number of carbonyl (C=O) groups excluding carboxylic acids is 1. The molecule has 60 valence electrons. The van der Waals surface area contributed by atoms with Crippen LogP contribution in [0.4, 0.5) is 0 Å². The van der Waals surface area contributed by atoms with Crippen molar-refractivity contribution in [2.45, 2.75) is 19.4 Å². The van der Waals surface area contributed by atoms with Gasteiger partial charge in [-0.3, -0.25) is 4.79 Å². The molecule has 0 fully saturated rings. The highest BCUT2D eigenvalue weighted by Gasteiger charge is 2.18. The van der Waals surface area contributed by atoms with Crippen molar-refractivity contribution in [1.29, 1.82) is 0 Å². The minimum atomic E-state index is -0.814. The van der Waals surface area contributed by atoms with Crippen molar-refractivity contribution in [2.24, 2.45) is 5.73 Å². The normalized spacial score (nSPS) is 16.0. The van der Waals surface area contributed by atoms with Gasteiger partial charge in [-0.1, -0.05) is 0 Å². The Labute approximate surface area is 60.0 Å². The predicted octanol–water partition coefficient (Wildman–Crippen LogP) is -0.741. The van der Waals surface area contributed by atoms with Crippen molar-refractivity contribution in [3.8, 4) is 0 Å². The zero-order valence-corrected chi connectivity index (χ0v) is 6.26. The summed E-state index contributed by atoms with van der Waals surface area (Å²) in [4.78, 5) is 10.2. The van der Waals surface area contributed by atoms with Gasteiger partial charge in [-0.15, -0.1) is 0 Å². The highest BCUT2D eigenvalue weighted by molar-refractivity contribution is 5.65. The molecule has 0 spiro atoms. The van der Waals surface area contributed by atoms with Crippen LogP contribution in [0.2, 0.25) is 0 Å². The second-order valence-corrected chi connectivity index (χ2v) is 2.59.